The van der Waals surface area contributed by atoms with E-state index in [1.54, 1.807) is 35.6 Å². The number of aryl methyl sites for hydroxylation is 1. The lowest BCUT2D eigenvalue weighted by Gasteiger charge is -2.08. The van der Waals surface area contributed by atoms with Gasteiger partial charge in [0.1, 0.15) is 0 Å². The summed E-state index contributed by atoms with van der Waals surface area (Å²) >= 11 is 1.64. The second-order valence-electron chi connectivity index (χ2n) is 6.11. The van der Waals surface area contributed by atoms with Crippen LogP contribution in [0.4, 0.5) is 16.2 Å². The van der Waals surface area contributed by atoms with Crippen LogP contribution in [-0.2, 0) is 12.8 Å². The van der Waals surface area contributed by atoms with Crippen molar-refractivity contribution < 1.29 is 9.59 Å². The van der Waals surface area contributed by atoms with Gasteiger partial charge in [-0.1, -0.05) is 25.1 Å². The van der Waals surface area contributed by atoms with Crippen molar-refractivity contribution in [3.63, 3.8) is 0 Å². The fourth-order valence-electron chi connectivity index (χ4n) is 2.54. The number of thiazole rings is 1. The van der Waals surface area contributed by atoms with Gasteiger partial charge >= 0.3 is 6.03 Å². The molecular weight excluding hydrogens is 372 g/mol. The molecule has 2 aromatic carbocycles. The molecule has 0 fully saturated rings. The summed E-state index contributed by atoms with van der Waals surface area (Å²) < 4.78 is 0. The van der Waals surface area contributed by atoms with E-state index in [9.17, 15) is 9.59 Å². The Bertz CT molecular complexity index is 923. The largest absolute Gasteiger partial charge is 0.337 e. The number of carbonyl (C=O) groups excluding carboxylic acids is 2. The Kier molecular flexibility index (Phi) is 6.75. The molecule has 0 atom stereocenters. The molecule has 3 aromatic rings. The zero-order valence-corrected chi connectivity index (χ0v) is 16.4. The van der Waals surface area contributed by atoms with Crippen LogP contribution < -0.4 is 16.0 Å². The van der Waals surface area contributed by atoms with Gasteiger partial charge in [-0.3, -0.25) is 4.79 Å². The Morgan fingerprint density at radius 3 is 2.36 bits per heavy atom. The third kappa shape index (κ3) is 5.65. The SMILES string of the molecule is CCc1nc(CCNC(=O)Nc2ccc(C(=O)Nc3ccccc3)cc2)cs1. The van der Waals surface area contributed by atoms with Crippen LogP contribution in [0.1, 0.15) is 28.0 Å². The molecule has 1 heterocycles. The van der Waals surface area contributed by atoms with Crippen molar-refractivity contribution in [2.75, 3.05) is 17.2 Å². The number of carbonyl (C=O) groups is 2. The summed E-state index contributed by atoms with van der Waals surface area (Å²) in [5.74, 6) is -0.197. The highest BCUT2D eigenvalue weighted by atomic mass is 32.1. The summed E-state index contributed by atoms with van der Waals surface area (Å²) in [4.78, 5) is 28.7. The molecule has 3 rings (SSSR count). The van der Waals surface area contributed by atoms with Crippen LogP contribution in [0.25, 0.3) is 0 Å². The van der Waals surface area contributed by atoms with Crippen molar-refractivity contribution in [1.29, 1.82) is 0 Å². The van der Waals surface area contributed by atoms with Gasteiger partial charge < -0.3 is 16.0 Å². The van der Waals surface area contributed by atoms with E-state index in [2.05, 4.69) is 27.9 Å². The maximum Gasteiger partial charge on any atom is 0.319 e. The number of nitrogens with zero attached hydrogens (tertiary/aromatic N) is 1. The number of para-hydroxylation sites is 1. The minimum atomic E-state index is -0.285. The predicted octanol–water partition coefficient (Wildman–Crippen LogP) is 4.32. The molecular formula is C21H22N4O2S. The van der Waals surface area contributed by atoms with Gasteiger partial charge in [0.25, 0.3) is 5.91 Å². The fourth-order valence-corrected chi connectivity index (χ4v) is 3.31. The second kappa shape index (κ2) is 9.66. The van der Waals surface area contributed by atoms with Gasteiger partial charge in [-0.05, 0) is 42.8 Å². The zero-order chi connectivity index (χ0) is 19.8. The molecule has 0 spiro atoms. The van der Waals surface area contributed by atoms with Crippen molar-refractivity contribution in [1.82, 2.24) is 10.3 Å². The summed E-state index contributed by atoms with van der Waals surface area (Å²) in [5, 5.41) is 11.5. The normalized spacial score (nSPS) is 10.3. The summed E-state index contributed by atoms with van der Waals surface area (Å²) in [6.45, 7) is 2.58. The first-order valence-corrected chi connectivity index (χ1v) is 9.96. The average Bonchev–Trinajstić information content (AvgIpc) is 3.17. The second-order valence-corrected chi connectivity index (χ2v) is 7.06. The number of anilines is 2. The molecule has 144 valence electrons. The Labute approximate surface area is 168 Å². The van der Waals surface area contributed by atoms with E-state index in [0.29, 0.717) is 24.2 Å². The molecule has 28 heavy (non-hydrogen) atoms. The van der Waals surface area contributed by atoms with Crippen LogP contribution in [-0.4, -0.2) is 23.5 Å². The van der Waals surface area contributed by atoms with E-state index in [1.165, 1.54) is 0 Å². The minimum Gasteiger partial charge on any atom is -0.337 e. The number of hydrogen-bond donors (Lipinski definition) is 3. The van der Waals surface area contributed by atoms with Gasteiger partial charge in [0.15, 0.2) is 0 Å². The number of hydrogen-bond acceptors (Lipinski definition) is 4. The molecule has 3 amide bonds. The number of rotatable bonds is 7. The quantitative estimate of drug-likeness (QED) is 0.558. The molecule has 0 aliphatic rings. The monoisotopic (exact) mass is 394 g/mol. The molecule has 6 nitrogen and oxygen atoms in total. The van der Waals surface area contributed by atoms with Crippen LogP contribution in [0.5, 0.6) is 0 Å². The van der Waals surface area contributed by atoms with Crippen molar-refractivity contribution in [2.24, 2.45) is 0 Å². The van der Waals surface area contributed by atoms with Gasteiger partial charge in [0.2, 0.25) is 0 Å². The van der Waals surface area contributed by atoms with E-state index < -0.39 is 0 Å². The minimum absolute atomic E-state index is 0.197. The lowest BCUT2D eigenvalue weighted by atomic mass is 10.2. The first-order chi connectivity index (χ1) is 13.6. The Morgan fingerprint density at radius 2 is 1.68 bits per heavy atom. The molecule has 0 bridgehead atoms. The Morgan fingerprint density at radius 1 is 0.964 bits per heavy atom. The van der Waals surface area contributed by atoms with Gasteiger partial charge in [0, 0.05) is 35.3 Å². The van der Waals surface area contributed by atoms with Gasteiger partial charge in [-0.15, -0.1) is 11.3 Å². The van der Waals surface area contributed by atoms with Crippen molar-refractivity contribution in [3.8, 4) is 0 Å². The lowest BCUT2D eigenvalue weighted by molar-refractivity contribution is 0.102. The van der Waals surface area contributed by atoms with E-state index in [0.717, 1.165) is 22.8 Å². The average molecular weight is 395 g/mol. The predicted molar refractivity (Wildman–Crippen MR) is 113 cm³/mol. The van der Waals surface area contributed by atoms with Crippen molar-refractivity contribution in [2.45, 2.75) is 19.8 Å². The molecule has 1 aromatic heterocycles. The first-order valence-electron chi connectivity index (χ1n) is 9.08. The van der Waals surface area contributed by atoms with Gasteiger partial charge in [-0.25, -0.2) is 9.78 Å². The molecule has 0 aliphatic carbocycles. The molecule has 0 unspecified atom stereocenters. The number of benzene rings is 2. The molecule has 0 aliphatic heterocycles. The number of urea groups is 1. The van der Waals surface area contributed by atoms with Crippen LogP contribution in [0.2, 0.25) is 0 Å². The summed E-state index contributed by atoms with van der Waals surface area (Å²) in [6.07, 6.45) is 1.63. The standard InChI is InChI=1S/C21H22N4O2S/c1-2-19-23-18(14-28-19)12-13-22-21(27)25-17-10-8-15(9-11-17)20(26)24-16-6-4-3-5-7-16/h3-11,14H,2,12-13H2,1H3,(H,24,26)(H2,22,25,27). The van der Waals surface area contributed by atoms with Crippen LogP contribution in [0.15, 0.2) is 60.0 Å². The molecule has 0 saturated heterocycles. The van der Waals surface area contributed by atoms with E-state index >= 15 is 0 Å². The highest BCUT2D eigenvalue weighted by Crippen LogP contribution is 2.13. The lowest BCUT2D eigenvalue weighted by Crippen LogP contribution is -2.30. The highest BCUT2D eigenvalue weighted by Gasteiger charge is 2.07. The highest BCUT2D eigenvalue weighted by molar-refractivity contribution is 7.09. The zero-order valence-electron chi connectivity index (χ0n) is 15.6. The van der Waals surface area contributed by atoms with Gasteiger partial charge in [-0.2, -0.15) is 0 Å². The number of aromatic nitrogens is 1. The van der Waals surface area contributed by atoms with Crippen LogP contribution in [0.3, 0.4) is 0 Å². The third-order valence-electron chi connectivity index (χ3n) is 4.01. The van der Waals surface area contributed by atoms with Gasteiger partial charge in [0.05, 0.1) is 10.7 Å². The molecule has 7 heteroatoms. The first kappa shape index (κ1) is 19.6. The van der Waals surface area contributed by atoms with Crippen molar-refractivity contribution in [3.05, 3.63) is 76.2 Å². The summed E-state index contributed by atoms with van der Waals surface area (Å²) in [6, 6.07) is 15.7. The van der Waals surface area contributed by atoms with Crippen LogP contribution >= 0.6 is 11.3 Å². The molecule has 0 radical (unpaired) electrons. The maximum atomic E-state index is 12.2. The number of amides is 3. The van der Waals surface area contributed by atoms with E-state index in [1.807, 2.05) is 35.7 Å². The van der Waals surface area contributed by atoms with Crippen LogP contribution in [0, 0.1) is 0 Å². The third-order valence-corrected chi connectivity index (χ3v) is 5.05. The van der Waals surface area contributed by atoms with E-state index in [4.69, 9.17) is 0 Å². The van der Waals surface area contributed by atoms with E-state index in [-0.39, 0.29) is 11.9 Å². The number of nitrogens with one attached hydrogen (secondary N) is 3. The molecule has 0 saturated carbocycles. The smallest absolute Gasteiger partial charge is 0.319 e. The summed E-state index contributed by atoms with van der Waals surface area (Å²) in [7, 11) is 0. The Hall–Kier alpha value is -3.19. The molecule has 3 N–H and O–H groups in total. The Balaban J connectivity index is 1.45. The topological polar surface area (TPSA) is 83.1 Å². The fraction of sp³-hybridized carbons (Fsp3) is 0.190. The van der Waals surface area contributed by atoms with Crippen molar-refractivity contribution >= 4 is 34.6 Å². The summed E-state index contributed by atoms with van der Waals surface area (Å²) in [5.41, 5.74) is 2.87. The maximum absolute atomic E-state index is 12.2.